The Morgan fingerprint density at radius 3 is 2.07 bits per heavy atom. The summed E-state index contributed by atoms with van der Waals surface area (Å²) in [6.45, 7) is 7.14. The molecule has 220 valence electrons. The van der Waals surface area contributed by atoms with Crippen LogP contribution >= 0.6 is 11.6 Å². The van der Waals surface area contributed by atoms with Gasteiger partial charge < -0.3 is 15.0 Å². The number of carbonyl (C=O) groups excluding carboxylic acids is 2. The van der Waals surface area contributed by atoms with Crippen LogP contribution in [0.25, 0.3) is 0 Å². The first kappa shape index (κ1) is 32.0. The van der Waals surface area contributed by atoms with Gasteiger partial charge in [-0.1, -0.05) is 55.3 Å². The van der Waals surface area contributed by atoms with Crippen LogP contribution in [-0.2, 0) is 26.2 Å². The van der Waals surface area contributed by atoms with Gasteiger partial charge in [0.15, 0.2) is 0 Å². The highest BCUT2D eigenvalue weighted by atomic mass is 35.5. The van der Waals surface area contributed by atoms with Gasteiger partial charge in [-0.3, -0.25) is 13.9 Å². The lowest BCUT2D eigenvalue weighted by molar-refractivity contribution is -0.140. The van der Waals surface area contributed by atoms with Crippen LogP contribution in [-0.4, -0.2) is 50.9 Å². The largest absolute Gasteiger partial charge is 0.497 e. The summed E-state index contributed by atoms with van der Waals surface area (Å²) in [6.07, 6.45) is 1.07. The molecule has 10 heteroatoms. The number of sulfonamides is 1. The predicted molar refractivity (Wildman–Crippen MR) is 163 cm³/mol. The van der Waals surface area contributed by atoms with E-state index in [2.05, 4.69) is 5.32 Å². The quantitative estimate of drug-likeness (QED) is 0.277. The Morgan fingerprint density at radius 1 is 0.927 bits per heavy atom. The van der Waals surface area contributed by atoms with Crippen LogP contribution in [0, 0.1) is 6.92 Å². The summed E-state index contributed by atoms with van der Waals surface area (Å²) < 4.78 is 34.2. The van der Waals surface area contributed by atoms with E-state index in [4.69, 9.17) is 16.3 Å². The van der Waals surface area contributed by atoms with Crippen molar-refractivity contribution >= 4 is 39.1 Å². The zero-order valence-corrected chi connectivity index (χ0v) is 25.7. The van der Waals surface area contributed by atoms with Crippen LogP contribution in [0.3, 0.4) is 0 Å². The summed E-state index contributed by atoms with van der Waals surface area (Å²) in [7, 11) is -2.63. The van der Waals surface area contributed by atoms with Crippen LogP contribution in [0.2, 0.25) is 5.02 Å². The first-order chi connectivity index (χ1) is 19.5. The minimum atomic E-state index is -4.15. The van der Waals surface area contributed by atoms with Gasteiger partial charge >= 0.3 is 0 Å². The molecule has 3 aromatic carbocycles. The van der Waals surface area contributed by atoms with Crippen LogP contribution in [0.5, 0.6) is 5.75 Å². The van der Waals surface area contributed by atoms with E-state index < -0.39 is 28.5 Å². The average Bonchev–Trinajstić information content (AvgIpc) is 2.96. The molecule has 0 aliphatic rings. The summed E-state index contributed by atoms with van der Waals surface area (Å²) in [5, 5.41) is 3.51. The standard InChI is InChI=1S/C31H38ClN3O5S/c1-6-23(4)33-31(37)29(7-2)34(20-24-10-12-25(32)13-11-24)30(36)21-35(26-14-16-27(40-5)17-15-26)41(38,39)28-18-8-22(3)9-19-28/h8-19,23,29H,6-7,20-21H2,1-5H3,(H,33,37)/t23-,29+/m1/s1. The third-order valence-electron chi connectivity index (χ3n) is 6.90. The molecule has 8 nitrogen and oxygen atoms in total. The number of carbonyl (C=O) groups is 2. The van der Waals surface area contributed by atoms with Crippen LogP contribution < -0.4 is 14.4 Å². The first-order valence-electron chi connectivity index (χ1n) is 13.6. The maximum atomic E-state index is 14.1. The fraction of sp³-hybridized carbons (Fsp3) is 0.355. The number of halogens is 1. The minimum absolute atomic E-state index is 0.0533. The smallest absolute Gasteiger partial charge is 0.264 e. The average molecular weight is 600 g/mol. The van der Waals surface area contributed by atoms with Crippen LogP contribution in [0.15, 0.2) is 77.7 Å². The monoisotopic (exact) mass is 599 g/mol. The number of anilines is 1. The van der Waals surface area contributed by atoms with Crippen LogP contribution in [0.1, 0.15) is 44.7 Å². The van der Waals surface area contributed by atoms with E-state index in [-0.39, 0.29) is 23.4 Å². The second kappa shape index (κ2) is 14.4. The summed E-state index contributed by atoms with van der Waals surface area (Å²) in [5.74, 6) is -0.260. The molecule has 0 bridgehead atoms. The van der Waals surface area contributed by atoms with Crippen molar-refractivity contribution in [1.29, 1.82) is 0 Å². The van der Waals surface area contributed by atoms with Crippen molar-refractivity contribution in [2.45, 2.75) is 64.1 Å². The molecule has 0 spiro atoms. The Labute approximate surface area is 248 Å². The Hall–Kier alpha value is -3.56. The molecule has 41 heavy (non-hydrogen) atoms. The zero-order chi connectivity index (χ0) is 30.2. The number of nitrogens with one attached hydrogen (secondary N) is 1. The molecule has 3 aromatic rings. The van der Waals surface area contributed by atoms with Crippen molar-refractivity contribution in [3.8, 4) is 5.75 Å². The molecule has 0 unspecified atom stereocenters. The number of methoxy groups -OCH3 is 1. The van der Waals surface area contributed by atoms with E-state index in [1.54, 1.807) is 60.7 Å². The highest BCUT2D eigenvalue weighted by molar-refractivity contribution is 7.92. The second-order valence-electron chi connectivity index (χ2n) is 9.91. The summed E-state index contributed by atoms with van der Waals surface area (Å²) in [6, 6.07) is 19.0. The fourth-order valence-corrected chi connectivity index (χ4v) is 5.80. The third kappa shape index (κ3) is 8.24. The van der Waals surface area contributed by atoms with Crippen molar-refractivity contribution in [3.05, 3.63) is 88.9 Å². The Bertz CT molecular complexity index is 1410. The van der Waals surface area contributed by atoms with E-state index in [0.29, 0.717) is 22.9 Å². The van der Waals surface area contributed by atoms with Gasteiger partial charge in [-0.15, -0.1) is 0 Å². The van der Waals surface area contributed by atoms with E-state index >= 15 is 0 Å². The summed E-state index contributed by atoms with van der Waals surface area (Å²) >= 11 is 6.07. The van der Waals surface area contributed by atoms with Gasteiger partial charge in [-0.25, -0.2) is 8.42 Å². The lowest BCUT2D eigenvalue weighted by Crippen LogP contribution is -2.53. The van der Waals surface area contributed by atoms with Crippen molar-refractivity contribution in [2.24, 2.45) is 0 Å². The molecular weight excluding hydrogens is 562 g/mol. The van der Waals surface area contributed by atoms with Gasteiger partial charge in [-0.2, -0.15) is 0 Å². The van der Waals surface area contributed by atoms with Crippen LogP contribution in [0.4, 0.5) is 5.69 Å². The zero-order valence-electron chi connectivity index (χ0n) is 24.1. The van der Waals surface area contributed by atoms with Crippen molar-refractivity contribution in [3.63, 3.8) is 0 Å². The molecule has 2 amide bonds. The van der Waals surface area contributed by atoms with Crippen molar-refractivity contribution < 1.29 is 22.7 Å². The third-order valence-corrected chi connectivity index (χ3v) is 8.94. The lowest BCUT2D eigenvalue weighted by Gasteiger charge is -2.33. The van der Waals surface area contributed by atoms with Gasteiger partial charge in [0, 0.05) is 17.6 Å². The first-order valence-corrected chi connectivity index (χ1v) is 15.4. The van der Waals surface area contributed by atoms with Gasteiger partial charge in [0.05, 0.1) is 17.7 Å². The molecule has 2 atom stereocenters. The predicted octanol–water partition coefficient (Wildman–Crippen LogP) is 5.57. The maximum Gasteiger partial charge on any atom is 0.264 e. The molecule has 0 saturated heterocycles. The van der Waals surface area contributed by atoms with E-state index in [1.165, 1.54) is 24.1 Å². The number of aryl methyl sites for hydroxylation is 1. The second-order valence-corrected chi connectivity index (χ2v) is 12.2. The summed E-state index contributed by atoms with van der Waals surface area (Å²) in [4.78, 5) is 28.9. The maximum absolute atomic E-state index is 14.1. The number of nitrogens with zero attached hydrogens (tertiary/aromatic N) is 2. The number of hydrogen-bond donors (Lipinski definition) is 1. The van der Waals surface area contributed by atoms with Gasteiger partial charge in [0.25, 0.3) is 10.0 Å². The number of benzene rings is 3. The van der Waals surface area contributed by atoms with E-state index in [0.717, 1.165) is 21.9 Å². The normalized spacial score (nSPS) is 12.7. The SMILES string of the molecule is CC[C@@H](C)NC(=O)[C@H](CC)N(Cc1ccc(Cl)cc1)C(=O)CN(c1ccc(OC)cc1)S(=O)(=O)c1ccc(C)cc1. The Balaban J connectivity index is 2.05. The molecule has 1 N–H and O–H groups in total. The molecule has 0 aromatic heterocycles. The van der Waals surface area contributed by atoms with E-state index in [1.807, 2.05) is 27.7 Å². The molecule has 0 aliphatic carbocycles. The molecule has 0 heterocycles. The van der Waals surface area contributed by atoms with Gasteiger partial charge in [-0.05, 0) is 80.8 Å². The number of amides is 2. The number of rotatable bonds is 13. The van der Waals surface area contributed by atoms with Crippen molar-refractivity contribution in [1.82, 2.24) is 10.2 Å². The molecule has 3 rings (SSSR count). The fourth-order valence-electron chi connectivity index (χ4n) is 4.26. The Morgan fingerprint density at radius 2 is 1.54 bits per heavy atom. The van der Waals surface area contributed by atoms with Gasteiger partial charge in [0.2, 0.25) is 11.8 Å². The number of ether oxygens (including phenoxy) is 1. The van der Waals surface area contributed by atoms with Crippen molar-refractivity contribution in [2.75, 3.05) is 18.0 Å². The van der Waals surface area contributed by atoms with E-state index in [9.17, 15) is 18.0 Å². The Kier molecular flexibility index (Phi) is 11.2. The minimum Gasteiger partial charge on any atom is -0.497 e. The highest BCUT2D eigenvalue weighted by Gasteiger charge is 2.34. The molecule has 0 saturated carbocycles. The molecule has 0 aliphatic heterocycles. The van der Waals surface area contributed by atoms with Gasteiger partial charge in [0.1, 0.15) is 18.3 Å². The highest BCUT2D eigenvalue weighted by Crippen LogP contribution is 2.27. The molecule has 0 radical (unpaired) electrons. The molecular formula is C31H38ClN3O5S. The molecule has 0 fully saturated rings. The number of hydrogen-bond acceptors (Lipinski definition) is 5. The lowest BCUT2D eigenvalue weighted by atomic mass is 10.1. The summed E-state index contributed by atoms with van der Waals surface area (Å²) in [5.41, 5.74) is 1.96. The topological polar surface area (TPSA) is 96.0 Å².